The third-order valence-electron chi connectivity index (χ3n) is 3.21. The van der Waals surface area contributed by atoms with E-state index in [-0.39, 0.29) is 0 Å². The van der Waals surface area contributed by atoms with E-state index in [4.69, 9.17) is 5.73 Å². The zero-order valence-corrected chi connectivity index (χ0v) is 9.66. The van der Waals surface area contributed by atoms with Crippen LogP contribution in [0.25, 0.3) is 0 Å². The molecule has 1 aliphatic rings. The summed E-state index contributed by atoms with van der Waals surface area (Å²) >= 11 is 0. The van der Waals surface area contributed by atoms with Crippen LogP contribution in [0.3, 0.4) is 0 Å². The van der Waals surface area contributed by atoms with Crippen molar-refractivity contribution in [2.24, 2.45) is 12.8 Å². The smallest absolute Gasteiger partial charge is 0.0672 e. The molecule has 1 aromatic rings. The summed E-state index contributed by atoms with van der Waals surface area (Å²) in [5, 5.41) is 4.60. The average molecular weight is 208 g/mol. The molecule has 0 bridgehead atoms. The van der Waals surface area contributed by atoms with E-state index in [9.17, 15) is 0 Å². The first-order chi connectivity index (χ1) is 7.22. The number of hydrogen-bond donors (Lipinski definition) is 1. The van der Waals surface area contributed by atoms with Gasteiger partial charge in [0.2, 0.25) is 0 Å². The van der Waals surface area contributed by atoms with Crippen LogP contribution in [0.4, 0.5) is 0 Å². The summed E-state index contributed by atoms with van der Waals surface area (Å²) < 4.78 is 2.02. The van der Waals surface area contributed by atoms with Crippen molar-refractivity contribution in [3.05, 3.63) is 17.0 Å². The largest absolute Gasteiger partial charge is 0.330 e. The molecular weight excluding hydrogens is 188 g/mol. The van der Waals surface area contributed by atoms with Gasteiger partial charge >= 0.3 is 0 Å². The molecule has 0 spiro atoms. The fourth-order valence-electron chi connectivity index (χ4n) is 2.31. The summed E-state index contributed by atoms with van der Waals surface area (Å²) in [6, 6.07) is 0. The zero-order valence-electron chi connectivity index (χ0n) is 9.66. The number of rotatable bonds is 2. The fraction of sp³-hybridized carbons (Fsp3) is 0.727. The normalized spacial score (nSPS) is 17.5. The van der Waals surface area contributed by atoms with Crippen molar-refractivity contribution < 1.29 is 0 Å². The first kappa shape index (κ1) is 10.6. The van der Waals surface area contributed by atoms with Gasteiger partial charge < -0.3 is 10.6 Å². The first-order valence-corrected chi connectivity index (χ1v) is 5.64. The molecule has 0 saturated carbocycles. The van der Waals surface area contributed by atoms with E-state index < -0.39 is 0 Å². The van der Waals surface area contributed by atoms with Gasteiger partial charge in [-0.3, -0.25) is 4.68 Å². The molecule has 0 aromatic carbocycles. The highest BCUT2D eigenvalue weighted by Gasteiger charge is 2.18. The highest BCUT2D eigenvalue weighted by Crippen LogP contribution is 2.18. The van der Waals surface area contributed by atoms with Crippen LogP contribution in [0.15, 0.2) is 0 Å². The number of nitrogens with zero attached hydrogens (tertiary/aromatic N) is 3. The van der Waals surface area contributed by atoms with E-state index in [2.05, 4.69) is 17.0 Å². The Bertz CT molecular complexity index is 343. The number of aryl methyl sites for hydroxylation is 1. The van der Waals surface area contributed by atoms with Crippen LogP contribution < -0.4 is 5.73 Å². The lowest BCUT2D eigenvalue weighted by atomic mass is 10.1. The quantitative estimate of drug-likeness (QED) is 0.741. The summed E-state index contributed by atoms with van der Waals surface area (Å²) in [6.45, 7) is 2.96. The Hall–Kier alpha value is -0.870. The Kier molecular flexibility index (Phi) is 3.07. The summed E-state index contributed by atoms with van der Waals surface area (Å²) in [6.07, 6.45) is 3.14. The molecule has 1 aromatic heterocycles. The van der Waals surface area contributed by atoms with Crippen LogP contribution in [-0.4, -0.2) is 41.4 Å². The highest BCUT2D eigenvalue weighted by atomic mass is 15.3. The Balaban J connectivity index is 2.30. The van der Waals surface area contributed by atoms with Gasteiger partial charge in [-0.2, -0.15) is 5.10 Å². The van der Waals surface area contributed by atoms with Gasteiger partial charge in [0.1, 0.15) is 0 Å². The fourth-order valence-corrected chi connectivity index (χ4v) is 2.31. The van der Waals surface area contributed by atoms with E-state index in [1.165, 1.54) is 17.0 Å². The second-order valence-corrected chi connectivity index (χ2v) is 4.34. The molecule has 0 unspecified atom stereocenters. The third-order valence-corrected chi connectivity index (χ3v) is 3.21. The van der Waals surface area contributed by atoms with Gasteiger partial charge in [0, 0.05) is 38.7 Å². The molecule has 2 N–H and O–H groups in total. The van der Waals surface area contributed by atoms with Crippen LogP contribution in [0, 0.1) is 0 Å². The van der Waals surface area contributed by atoms with Crippen molar-refractivity contribution in [1.82, 2.24) is 14.7 Å². The zero-order chi connectivity index (χ0) is 10.8. The van der Waals surface area contributed by atoms with Crippen LogP contribution in [-0.2, 0) is 26.3 Å². The third kappa shape index (κ3) is 2.06. The molecule has 84 valence electrons. The van der Waals surface area contributed by atoms with Crippen LogP contribution >= 0.6 is 0 Å². The van der Waals surface area contributed by atoms with E-state index in [0.29, 0.717) is 6.54 Å². The van der Waals surface area contributed by atoms with Crippen molar-refractivity contribution in [1.29, 1.82) is 0 Å². The molecule has 0 radical (unpaired) electrons. The number of fused-ring (bicyclic) bond motifs is 1. The van der Waals surface area contributed by atoms with E-state index >= 15 is 0 Å². The number of hydrogen-bond acceptors (Lipinski definition) is 3. The van der Waals surface area contributed by atoms with Crippen LogP contribution in [0.1, 0.15) is 17.0 Å². The lowest BCUT2D eigenvalue weighted by molar-refractivity contribution is 0.350. The molecule has 0 fully saturated rings. The maximum absolute atomic E-state index is 5.64. The summed E-state index contributed by atoms with van der Waals surface area (Å²) in [4.78, 5) is 2.37. The molecule has 0 amide bonds. The van der Waals surface area contributed by atoms with Crippen LogP contribution in [0.5, 0.6) is 0 Å². The molecule has 4 heteroatoms. The van der Waals surface area contributed by atoms with Gasteiger partial charge in [-0.15, -0.1) is 0 Å². The van der Waals surface area contributed by atoms with Crippen LogP contribution in [0.2, 0.25) is 0 Å². The van der Waals surface area contributed by atoms with Crippen molar-refractivity contribution in [3.63, 3.8) is 0 Å². The van der Waals surface area contributed by atoms with Gasteiger partial charge in [-0.1, -0.05) is 0 Å². The topological polar surface area (TPSA) is 47.1 Å². The average Bonchev–Trinajstić information content (AvgIpc) is 2.38. The second-order valence-electron chi connectivity index (χ2n) is 4.34. The van der Waals surface area contributed by atoms with Gasteiger partial charge in [-0.05, 0) is 25.6 Å². The van der Waals surface area contributed by atoms with Gasteiger partial charge in [0.25, 0.3) is 0 Å². The maximum Gasteiger partial charge on any atom is 0.0672 e. The molecular formula is C11H20N4. The van der Waals surface area contributed by atoms with Crippen molar-refractivity contribution in [2.45, 2.75) is 19.3 Å². The number of nitrogens with two attached hydrogens (primary N) is 1. The van der Waals surface area contributed by atoms with Crippen molar-refractivity contribution in [3.8, 4) is 0 Å². The maximum atomic E-state index is 5.64. The Morgan fingerprint density at radius 2 is 2.00 bits per heavy atom. The lowest BCUT2D eigenvalue weighted by Gasteiger charge is -2.12. The minimum atomic E-state index is 0.710. The molecule has 2 heterocycles. The lowest BCUT2D eigenvalue weighted by Crippen LogP contribution is -2.21. The Morgan fingerprint density at radius 3 is 2.73 bits per heavy atom. The summed E-state index contributed by atoms with van der Waals surface area (Å²) in [7, 11) is 4.21. The van der Waals surface area contributed by atoms with E-state index in [1.54, 1.807) is 0 Å². The SMILES string of the molecule is CN1CCc2nn(C)c(CCN)c2CC1. The minimum absolute atomic E-state index is 0.710. The summed E-state index contributed by atoms with van der Waals surface area (Å²) in [5.74, 6) is 0. The van der Waals surface area contributed by atoms with E-state index in [1.807, 2.05) is 11.7 Å². The first-order valence-electron chi connectivity index (χ1n) is 5.64. The molecule has 0 atom stereocenters. The number of aromatic nitrogens is 2. The molecule has 2 rings (SSSR count). The van der Waals surface area contributed by atoms with Crippen molar-refractivity contribution in [2.75, 3.05) is 26.7 Å². The number of likely N-dealkylation sites (N-methyl/N-ethyl adjacent to an activating group) is 1. The molecule has 15 heavy (non-hydrogen) atoms. The van der Waals surface area contributed by atoms with Gasteiger partial charge in [-0.25, -0.2) is 0 Å². The Morgan fingerprint density at radius 1 is 1.27 bits per heavy atom. The minimum Gasteiger partial charge on any atom is -0.330 e. The monoisotopic (exact) mass is 208 g/mol. The van der Waals surface area contributed by atoms with Gasteiger partial charge in [0.05, 0.1) is 5.69 Å². The molecule has 1 aliphatic heterocycles. The summed E-state index contributed by atoms with van der Waals surface area (Å²) in [5.41, 5.74) is 9.71. The molecule has 0 aliphatic carbocycles. The predicted octanol–water partition coefficient (Wildman–Crippen LogP) is -0.0483. The van der Waals surface area contributed by atoms with Gasteiger partial charge in [0.15, 0.2) is 0 Å². The van der Waals surface area contributed by atoms with E-state index in [0.717, 1.165) is 32.4 Å². The second kappa shape index (κ2) is 4.33. The Labute approximate surface area is 91.1 Å². The van der Waals surface area contributed by atoms with Crippen molar-refractivity contribution >= 4 is 0 Å². The highest BCUT2D eigenvalue weighted by molar-refractivity contribution is 5.28. The molecule has 0 saturated heterocycles. The molecule has 4 nitrogen and oxygen atoms in total. The predicted molar refractivity (Wildman–Crippen MR) is 60.9 cm³/mol. The standard InChI is InChI=1S/C11H20N4/c1-14-7-4-9-10(5-8-14)13-15(2)11(9)3-6-12/h3-8,12H2,1-2H3.